The van der Waals surface area contributed by atoms with Crippen LogP contribution in [-0.2, 0) is 4.74 Å². The van der Waals surface area contributed by atoms with Gasteiger partial charge in [0.1, 0.15) is 11.9 Å². The summed E-state index contributed by atoms with van der Waals surface area (Å²) in [5.41, 5.74) is 11.7. The normalized spacial score (nSPS) is 15.7. The molecule has 1 aromatic carbocycles. The zero-order chi connectivity index (χ0) is 10.8. The fraction of sp³-hybridized carbons (Fsp3) is 0.300. The Balaban J connectivity index is 2.24. The van der Waals surface area contributed by atoms with Crippen LogP contribution in [0.3, 0.4) is 0 Å². The van der Waals surface area contributed by atoms with Crippen LogP contribution in [0.1, 0.15) is 10.4 Å². The van der Waals surface area contributed by atoms with Crippen molar-refractivity contribution in [3.8, 4) is 5.75 Å². The monoisotopic (exact) mass is 208 g/mol. The largest absolute Gasteiger partial charge is 0.485 e. The molecule has 4 N–H and O–H groups in total. The molecule has 0 atom stereocenters. The van der Waals surface area contributed by atoms with Crippen molar-refractivity contribution < 1.29 is 14.3 Å². The van der Waals surface area contributed by atoms with Gasteiger partial charge in [-0.2, -0.15) is 0 Å². The topological polar surface area (TPSA) is 87.6 Å². The predicted molar refractivity (Wildman–Crippen MR) is 54.6 cm³/mol. The third kappa shape index (κ3) is 2.02. The molecule has 2 rings (SSSR count). The minimum absolute atomic E-state index is 0.00935. The molecule has 1 heterocycles. The summed E-state index contributed by atoms with van der Waals surface area (Å²) in [7, 11) is 0. The zero-order valence-corrected chi connectivity index (χ0v) is 8.10. The second-order valence-electron chi connectivity index (χ2n) is 3.40. The molecule has 0 aliphatic carbocycles. The van der Waals surface area contributed by atoms with Gasteiger partial charge in [0.25, 0.3) is 5.91 Å². The minimum atomic E-state index is -0.523. The van der Waals surface area contributed by atoms with Crippen molar-refractivity contribution >= 4 is 11.6 Å². The van der Waals surface area contributed by atoms with Crippen molar-refractivity contribution in [1.29, 1.82) is 0 Å². The highest BCUT2D eigenvalue weighted by molar-refractivity contribution is 5.96. The SMILES string of the molecule is NC(=O)c1ccc(N)cc1OC1COC1. The Bertz CT molecular complexity index is 388. The third-order valence-corrected chi connectivity index (χ3v) is 2.17. The molecular weight excluding hydrogens is 196 g/mol. The zero-order valence-electron chi connectivity index (χ0n) is 8.10. The molecule has 5 nitrogen and oxygen atoms in total. The van der Waals surface area contributed by atoms with E-state index in [-0.39, 0.29) is 6.10 Å². The standard InChI is InChI=1S/C10H12N2O3/c11-6-1-2-8(10(12)13)9(3-6)15-7-4-14-5-7/h1-3,7H,4-5,11H2,(H2,12,13). The van der Waals surface area contributed by atoms with Crippen LogP contribution in [0.5, 0.6) is 5.75 Å². The van der Waals surface area contributed by atoms with Crippen molar-refractivity contribution in [2.45, 2.75) is 6.10 Å². The maximum Gasteiger partial charge on any atom is 0.252 e. The molecule has 1 fully saturated rings. The molecule has 0 aromatic heterocycles. The van der Waals surface area contributed by atoms with Crippen LogP contribution in [0.25, 0.3) is 0 Å². The van der Waals surface area contributed by atoms with E-state index >= 15 is 0 Å². The minimum Gasteiger partial charge on any atom is -0.485 e. The van der Waals surface area contributed by atoms with E-state index in [1.165, 1.54) is 0 Å². The molecule has 0 bridgehead atoms. The Kier molecular flexibility index (Phi) is 2.47. The number of ether oxygens (including phenoxy) is 2. The molecule has 0 radical (unpaired) electrons. The molecule has 1 aliphatic heterocycles. The predicted octanol–water partition coefficient (Wildman–Crippen LogP) is 0.145. The first-order valence-electron chi connectivity index (χ1n) is 4.60. The molecule has 15 heavy (non-hydrogen) atoms. The molecule has 0 spiro atoms. The van der Waals surface area contributed by atoms with Gasteiger partial charge < -0.3 is 20.9 Å². The summed E-state index contributed by atoms with van der Waals surface area (Å²) >= 11 is 0. The summed E-state index contributed by atoms with van der Waals surface area (Å²) in [5, 5.41) is 0. The Hall–Kier alpha value is -1.75. The van der Waals surface area contributed by atoms with Gasteiger partial charge in [-0.1, -0.05) is 0 Å². The highest BCUT2D eigenvalue weighted by Crippen LogP contribution is 2.24. The average molecular weight is 208 g/mol. The maximum atomic E-state index is 11.1. The number of primary amides is 1. The van der Waals surface area contributed by atoms with Crippen LogP contribution in [0.2, 0.25) is 0 Å². The van der Waals surface area contributed by atoms with Crippen molar-refractivity contribution in [1.82, 2.24) is 0 Å². The molecule has 5 heteroatoms. The Morgan fingerprint density at radius 3 is 2.73 bits per heavy atom. The van der Waals surface area contributed by atoms with E-state index in [4.69, 9.17) is 20.9 Å². The summed E-state index contributed by atoms with van der Waals surface area (Å²) in [6, 6.07) is 4.77. The number of nitrogens with two attached hydrogens (primary N) is 2. The quantitative estimate of drug-likeness (QED) is 0.692. The molecule has 0 saturated carbocycles. The molecule has 1 aliphatic rings. The second kappa shape index (κ2) is 3.78. The highest BCUT2D eigenvalue weighted by atomic mass is 16.6. The first-order valence-corrected chi connectivity index (χ1v) is 4.60. The Morgan fingerprint density at radius 1 is 1.47 bits per heavy atom. The summed E-state index contributed by atoms with van der Waals surface area (Å²) in [6.07, 6.45) is -0.00935. The number of hydrogen-bond acceptors (Lipinski definition) is 4. The Labute approximate surface area is 87.0 Å². The third-order valence-electron chi connectivity index (χ3n) is 2.17. The molecule has 80 valence electrons. The number of hydrogen-bond donors (Lipinski definition) is 2. The maximum absolute atomic E-state index is 11.1. The lowest BCUT2D eigenvalue weighted by molar-refractivity contribution is -0.0798. The van der Waals surface area contributed by atoms with Gasteiger partial charge in [0, 0.05) is 11.8 Å². The first-order chi connectivity index (χ1) is 7.16. The number of carbonyl (C=O) groups is 1. The van der Waals surface area contributed by atoms with E-state index in [9.17, 15) is 4.79 Å². The highest BCUT2D eigenvalue weighted by Gasteiger charge is 2.22. The van der Waals surface area contributed by atoms with Crippen LogP contribution in [0, 0.1) is 0 Å². The smallest absolute Gasteiger partial charge is 0.252 e. The van der Waals surface area contributed by atoms with Gasteiger partial charge in [0.05, 0.1) is 18.8 Å². The van der Waals surface area contributed by atoms with Gasteiger partial charge in [0.15, 0.2) is 0 Å². The summed E-state index contributed by atoms with van der Waals surface area (Å²) in [5.74, 6) is -0.0963. The Morgan fingerprint density at radius 2 is 2.20 bits per heavy atom. The first kappa shape index (κ1) is 9.79. The van der Waals surface area contributed by atoms with Gasteiger partial charge >= 0.3 is 0 Å². The fourth-order valence-corrected chi connectivity index (χ4v) is 1.30. The van der Waals surface area contributed by atoms with E-state index in [0.717, 1.165) is 0 Å². The van der Waals surface area contributed by atoms with Gasteiger partial charge in [0.2, 0.25) is 0 Å². The lowest BCUT2D eigenvalue weighted by Gasteiger charge is -2.27. The van der Waals surface area contributed by atoms with Crippen molar-refractivity contribution in [2.75, 3.05) is 18.9 Å². The molecule has 1 aromatic rings. The number of carbonyl (C=O) groups excluding carboxylic acids is 1. The van der Waals surface area contributed by atoms with Gasteiger partial charge in [-0.3, -0.25) is 4.79 Å². The van der Waals surface area contributed by atoms with Crippen molar-refractivity contribution in [3.05, 3.63) is 23.8 Å². The van der Waals surface area contributed by atoms with Crippen LogP contribution in [-0.4, -0.2) is 25.2 Å². The van der Waals surface area contributed by atoms with E-state index in [2.05, 4.69) is 0 Å². The summed E-state index contributed by atoms with van der Waals surface area (Å²) in [4.78, 5) is 11.1. The van der Waals surface area contributed by atoms with Crippen molar-refractivity contribution in [2.24, 2.45) is 5.73 Å². The van der Waals surface area contributed by atoms with Crippen LogP contribution in [0.15, 0.2) is 18.2 Å². The van der Waals surface area contributed by atoms with E-state index in [1.54, 1.807) is 18.2 Å². The van der Waals surface area contributed by atoms with Crippen LogP contribution < -0.4 is 16.2 Å². The lowest BCUT2D eigenvalue weighted by atomic mass is 10.1. The number of anilines is 1. The summed E-state index contributed by atoms with van der Waals surface area (Å²) in [6.45, 7) is 1.07. The van der Waals surface area contributed by atoms with Gasteiger partial charge in [-0.05, 0) is 12.1 Å². The van der Waals surface area contributed by atoms with Crippen molar-refractivity contribution in [3.63, 3.8) is 0 Å². The molecule has 1 saturated heterocycles. The number of amides is 1. The number of benzene rings is 1. The second-order valence-corrected chi connectivity index (χ2v) is 3.40. The molecule has 1 amide bonds. The van der Waals surface area contributed by atoms with Crippen LogP contribution >= 0.6 is 0 Å². The van der Waals surface area contributed by atoms with Crippen LogP contribution in [0.4, 0.5) is 5.69 Å². The lowest BCUT2D eigenvalue weighted by Crippen LogP contribution is -2.39. The number of nitrogen functional groups attached to an aromatic ring is 1. The van der Waals surface area contributed by atoms with E-state index in [1.807, 2.05) is 0 Å². The summed E-state index contributed by atoms with van der Waals surface area (Å²) < 4.78 is 10.5. The average Bonchev–Trinajstić information content (AvgIpc) is 2.11. The van der Waals surface area contributed by atoms with Gasteiger partial charge in [-0.15, -0.1) is 0 Å². The van der Waals surface area contributed by atoms with Gasteiger partial charge in [-0.25, -0.2) is 0 Å². The fourth-order valence-electron chi connectivity index (χ4n) is 1.30. The van der Waals surface area contributed by atoms with E-state index < -0.39 is 5.91 Å². The molecule has 0 unspecified atom stereocenters. The molecular formula is C10H12N2O3. The van der Waals surface area contributed by atoms with E-state index in [0.29, 0.717) is 30.2 Å². The number of rotatable bonds is 3.